The Morgan fingerprint density at radius 1 is 0.538 bits per heavy atom. The number of imidazole rings is 2. The Morgan fingerprint density at radius 3 is 1.50 bits per heavy atom. The highest BCUT2D eigenvalue weighted by molar-refractivity contribution is 6.32. The second-order valence-corrected chi connectivity index (χ2v) is 13.3. The van der Waals surface area contributed by atoms with E-state index in [1.54, 1.807) is 25.0 Å². The molecule has 52 heavy (non-hydrogen) atoms. The molecule has 0 radical (unpaired) electrons. The Bertz CT molecular complexity index is 2290. The van der Waals surface area contributed by atoms with Crippen LogP contribution in [0.1, 0.15) is 48.2 Å². The zero-order chi connectivity index (χ0) is 36.2. The van der Waals surface area contributed by atoms with Crippen molar-refractivity contribution in [1.29, 1.82) is 0 Å². The predicted molar refractivity (Wildman–Crippen MR) is 210 cm³/mol. The number of rotatable bonds is 8. The number of anilines is 2. The highest BCUT2D eigenvalue weighted by atomic mass is 35.5. The number of aromatic nitrogens is 8. The number of fused-ring (bicyclic) bond motifs is 2. The van der Waals surface area contributed by atoms with Gasteiger partial charge in [-0.3, -0.25) is 9.13 Å². The number of nitrogens with zero attached hydrogens (tertiary/aromatic N) is 8. The fourth-order valence-electron chi connectivity index (χ4n) is 5.78. The van der Waals surface area contributed by atoms with E-state index in [-0.39, 0.29) is 12.1 Å². The van der Waals surface area contributed by atoms with Crippen molar-refractivity contribution in [3.8, 4) is 11.6 Å². The van der Waals surface area contributed by atoms with E-state index in [4.69, 9.17) is 23.2 Å². The molecule has 12 heteroatoms. The maximum absolute atomic E-state index is 6.29. The highest BCUT2D eigenvalue weighted by Crippen LogP contribution is 2.27. The summed E-state index contributed by atoms with van der Waals surface area (Å²) in [6, 6.07) is 32.1. The molecule has 10 nitrogen and oxygen atoms in total. The number of aryl methyl sites for hydroxylation is 2. The molecule has 0 bridgehead atoms. The van der Waals surface area contributed by atoms with Crippen LogP contribution in [0.3, 0.4) is 0 Å². The quantitative estimate of drug-likeness (QED) is 0.159. The summed E-state index contributed by atoms with van der Waals surface area (Å²) in [6.07, 6.45) is 7.00. The molecular weight excluding hydrogens is 691 g/mol. The summed E-state index contributed by atoms with van der Waals surface area (Å²) in [4.78, 5) is 26.9. The Hall–Kier alpha value is -5.84. The van der Waals surface area contributed by atoms with Gasteiger partial charge in [-0.15, -0.1) is 0 Å². The molecule has 0 amide bonds. The number of halogens is 2. The van der Waals surface area contributed by atoms with Gasteiger partial charge in [-0.2, -0.15) is 9.97 Å². The van der Waals surface area contributed by atoms with E-state index < -0.39 is 0 Å². The van der Waals surface area contributed by atoms with Crippen molar-refractivity contribution >= 4 is 57.2 Å². The summed E-state index contributed by atoms with van der Waals surface area (Å²) in [6.45, 7) is 8.12. The SMILES string of the molecule is Cc1cc2c(cc1Cl)ncn2-c1ccnc(N[C@@H](C)c2ccccc2)n1.Cc1cc2ncn(-c3ccnc(N[C@@H](C)c4ccccc4)n3)c2cc1Cl. The van der Waals surface area contributed by atoms with E-state index in [2.05, 4.69) is 78.7 Å². The first-order chi connectivity index (χ1) is 25.2. The fraction of sp³-hybridized carbons (Fsp3) is 0.150. The van der Waals surface area contributed by atoms with Gasteiger partial charge in [-0.05, 0) is 86.3 Å². The second kappa shape index (κ2) is 15.2. The summed E-state index contributed by atoms with van der Waals surface area (Å²) in [5.41, 5.74) is 7.98. The lowest BCUT2D eigenvalue weighted by molar-refractivity contribution is 0.854. The fourth-order valence-corrected chi connectivity index (χ4v) is 6.09. The first-order valence-corrected chi connectivity index (χ1v) is 17.6. The second-order valence-electron chi connectivity index (χ2n) is 12.4. The van der Waals surface area contributed by atoms with E-state index in [1.807, 2.05) is 95.8 Å². The molecule has 0 unspecified atom stereocenters. The average Bonchev–Trinajstić information content (AvgIpc) is 3.76. The van der Waals surface area contributed by atoms with Crippen LogP contribution in [0.4, 0.5) is 11.9 Å². The van der Waals surface area contributed by atoms with Crippen LogP contribution in [-0.4, -0.2) is 39.0 Å². The van der Waals surface area contributed by atoms with Crippen molar-refractivity contribution in [3.05, 3.63) is 154 Å². The number of hydrogen-bond donors (Lipinski definition) is 2. The smallest absolute Gasteiger partial charge is 0.225 e. The third kappa shape index (κ3) is 7.58. The minimum Gasteiger partial charge on any atom is -0.348 e. The number of nitrogens with one attached hydrogen (secondary N) is 2. The minimum absolute atomic E-state index is 0.100. The maximum atomic E-state index is 6.29. The van der Waals surface area contributed by atoms with Crippen molar-refractivity contribution in [2.24, 2.45) is 0 Å². The summed E-state index contributed by atoms with van der Waals surface area (Å²) in [5, 5.41) is 8.12. The van der Waals surface area contributed by atoms with Crippen LogP contribution in [0.25, 0.3) is 33.7 Å². The summed E-state index contributed by atoms with van der Waals surface area (Å²) in [7, 11) is 0. The molecule has 2 atom stereocenters. The van der Waals surface area contributed by atoms with Crippen molar-refractivity contribution in [2.75, 3.05) is 10.6 Å². The Morgan fingerprint density at radius 2 is 0.981 bits per heavy atom. The maximum Gasteiger partial charge on any atom is 0.225 e. The van der Waals surface area contributed by atoms with Crippen LogP contribution in [0.15, 0.2) is 122 Å². The zero-order valence-electron chi connectivity index (χ0n) is 29.0. The van der Waals surface area contributed by atoms with Gasteiger partial charge >= 0.3 is 0 Å². The molecule has 0 aliphatic rings. The van der Waals surface area contributed by atoms with Crippen LogP contribution < -0.4 is 10.6 Å². The van der Waals surface area contributed by atoms with Gasteiger partial charge in [0, 0.05) is 22.4 Å². The molecule has 8 rings (SSSR count). The number of hydrogen-bond acceptors (Lipinski definition) is 8. The van der Waals surface area contributed by atoms with Crippen LogP contribution in [0.5, 0.6) is 0 Å². The van der Waals surface area contributed by atoms with Crippen LogP contribution in [0.2, 0.25) is 10.0 Å². The first-order valence-electron chi connectivity index (χ1n) is 16.8. The first kappa shape index (κ1) is 34.6. The van der Waals surface area contributed by atoms with E-state index in [0.717, 1.165) is 44.8 Å². The lowest BCUT2D eigenvalue weighted by atomic mass is 10.1. The highest BCUT2D eigenvalue weighted by Gasteiger charge is 2.13. The lowest BCUT2D eigenvalue weighted by Crippen LogP contribution is -2.10. The molecule has 0 spiro atoms. The van der Waals surface area contributed by atoms with Gasteiger partial charge in [0.05, 0.1) is 34.2 Å². The van der Waals surface area contributed by atoms with Crippen molar-refractivity contribution in [3.63, 3.8) is 0 Å². The minimum atomic E-state index is 0.100. The molecule has 0 saturated carbocycles. The van der Waals surface area contributed by atoms with Crippen molar-refractivity contribution in [1.82, 2.24) is 39.0 Å². The van der Waals surface area contributed by atoms with Gasteiger partial charge in [0.25, 0.3) is 0 Å². The lowest BCUT2D eigenvalue weighted by Gasteiger charge is -2.14. The van der Waals surface area contributed by atoms with Crippen LogP contribution in [0, 0.1) is 13.8 Å². The Kier molecular flexibility index (Phi) is 10.1. The van der Waals surface area contributed by atoms with Crippen LogP contribution in [-0.2, 0) is 0 Å². The van der Waals surface area contributed by atoms with E-state index in [9.17, 15) is 0 Å². The average molecular weight is 728 g/mol. The van der Waals surface area contributed by atoms with Gasteiger partial charge in [0.2, 0.25) is 11.9 Å². The molecule has 0 aliphatic carbocycles. The number of benzene rings is 4. The monoisotopic (exact) mass is 726 g/mol. The molecule has 2 N–H and O–H groups in total. The Balaban J connectivity index is 0.000000162. The normalized spacial score (nSPS) is 12.3. The summed E-state index contributed by atoms with van der Waals surface area (Å²) >= 11 is 12.5. The van der Waals surface area contributed by atoms with E-state index in [1.165, 1.54) is 11.1 Å². The van der Waals surface area contributed by atoms with E-state index in [0.29, 0.717) is 21.9 Å². The van der Waals surface area contributed by atoms with Crippen molar-refractivity contribution in [2.45, 2.75) is 39.8 Å². The molecule has 8 aromatic rings. The largest absolute Gasteiger partial charge is 0.348 e. The third-order valence-electron chi connectivity index (χ3n) is 8.72. The molecule has 0 aliphatic heterocycles. The molecule has 4 heterocycles. The van der Waals surface area contributed by atoms with Gasteiger partial charge in [-0.1, -0.05) is 83.9 Å². The molecule has 0 saturated heterocycles. The van der Waals surface area contributed by atoms with Gasteiger partial charge in [0.1, 0.15) is 24.3 Å². The zero-order valence-corrected chi connectivity index (χ0v) is 30.5. The van der Waals surface area contributed by atoms with Gasteiger partial charge in [-0.25, -0.2) is 19.9 Å². The third-order valence-corrected chi connectivity index (χ3v) is 9.54. The molecule has 4 aromatic heterocycles. The Labute approximate surface area is 311 Å². The van der Waals surface area contributed by atoms with Gasteiger partial charge in [0.15, 0.2) is 0 Å². The standard InChI is InChI=1S/2C20H18ClN5/c1-13-10-18-17(11-16(13)21)23-12-26(18)19-8-9-22-20(25-19)24-14(2)15-6-4-3-5-7-15;1-13-10-17-18(11-16(13)21)26(12-23-17)19-8-9-22-20(25-19)24-14(2)15-6-4-3-5-7-15/h2*3-12,14H,1-2H3,(H,22,24,25)/t2*14-/m00/s1. The molecule has 0 fully saturated rings. The predicted octanol–water partition coefficient (Wildman–Crippen LogP) is 9.90. The van der Waals surface area contributed by atoms with Crippen molar-refractivity contribution < 1.29 is 0 Å². The molecular formula is C40H36Cl2N10. The summed E-state index contributed by atoms with van der Waals surface area (Å²) in [5.74, 6) is 2.64. The van der Waals surface area contributed by atoms with E-state index >= 15 is 0 Å². The topological polar surface area (TPSA) is 111 Å². The van der Waals surface area contributed by atoms with Gasteiger partial charge < -0.3 is 10.6 Å². The molecule has 4 aromatic carbocycles. The summed E-state index contributed by atoms with van der Waals surface area (Å²) < 4.78 is 3.86. The molecule has 260 valence electrons. The van der Waals surface area contributed by atoms with Crippen LogP contribution >= 0.6 is 23.2 Å².